The number of hydrogen-bond acceptors (Lipinski definition) is 6. The van der Waals surface area contributed by atoms with E-state index in [1.807, 2.05) is 24.3 Å². The highest BCUT2D eigenvalue weighted by molar-refractivity contribution is 7.89. The molecule has 0 bridgehead atoms. The first-order valence-electron chi connectivity index (χ1n) is 14.9. The van der Waals surface area contributed by atoms with Gasteiger partial charge in [0, 0.05) is 30.8 Å². The second-order valence-corrected chi connectivity index (χ2v) is 12.8. The number of nitrogens with zero attached hydrogens (tertiary/aromatic N) is 2. The van der Waals surface area contributed by atoms with Crippen LogP contribution >= 0.6 is 0 Å². The Morgan fingerprint density at radius 1 is 0.804 bits per heavy atom. The number of carboxylic acids is 1. The van der Waals surface area contributed by atoms with Gasteiger partial charge in [-0.2, -0.15) is 0 Å². The highest BCUT2D eigenvalue weighted by Gasteiger charge is 2.31. The number of aliphatic hydroxyl groups is 1. The van der Waals surface area contributed by atoms with Gasteiger partial charge in [-0.1, -0.05) is 72.8 Å². The maximum atomic E-state index is 14.1. The molecule has 11 heteroatoms. The lowest BCUT2D eigenvalue weighted by molar-refractivity contribution is -0.137. The lowest BCUT2D eigenvalue weighted by atomic mass is 9.91. The van der Waals surface area contributed by atoms with E-state index in [1.54, 1.807) is 65.6 Å². The van der Waals surface area contributed by atoms with Crippen molar-refractivity contribution >= 4 is 27.8 Å². The van der Waals surface area contributed by atoms with Gasteiger partial charge in [0.1, 0.15) is 0 Å². The number of carbonyl (C=O) groups excluding carboxylic acids is 2. The molecule has 1 aliphatic heterocycles. The van der Waals surface area contributed by atoms with E-state index < -0.39 is 27.9 Å². The van der Waals surface area contributed by atoms with Crippen molar-refractivity contribution in [3.63, 3.8) is 0 Å². The largest absolute Gasteiger partial charge is 0.481 e. The Morgan fingerprint density at radius 3 is 2.02 bits per heavy atom. The first-order chi connectivity index (χ1) is 22.1. The van der Waals surface area contributed by atoms with E-state index in [9.17, 15) is 33.0 Å². The van der Waals surface area contributed by atoms with Crippen LogP contribution in [0.15, 0.2) is 102 Å². The van der Waals surface area contributed by atoms with Crippen LogP contribution in [0, 0.1) is 0 Å². The molecule has 1 aliphatic rings. The number of carbonyl (C=O) groups is 3. The monoisotopic (exact) mass is 641 g/mol. The fourth-order valence-electron chi connectivity index (χ4n) is 5.78. The Bertz CT molecular complexity index is 1860. The zero-order chi connectivity index (χ0) is 32.8. The predicted octanol–water partition coefficient (Wildman–Crippen LogP) is 3.72. The number of rotatable bonds is 11. The van der Waals surface area contributed by atoms with E-state index in [1.165, 1.54) is 17.0 Å². The van der Waals surface area contributed by atoms with Gasteiger partial charge in [0.05, 0.1) is 24.0 Å². The van der Waals surface area contributed by atoms with Crippen molar-refractivity contribution in [2.45, 2.75) is 36.7 Å². The number of benzene rings is 4. The summed E-state index contributed by atoms with van der Waals surface area (Å²) in [6.45, 7) is 0.266. The van der Waals surface area contributed by atoms with Gasteiger partial charge in [0.25, 0.3) is 11.8 Å². The molecule has 0 spiro atoms. The van der Waals surface area contributed by atoms with Gasteiger partial charge in [-0.3, -0.25) is 14.4 Å². The van der Waals surface area contributed by atoms with Crippen LogP contribution in [0.3, 0.4) is 0 Å². The van der Waals surface area contributed by atoms with E-state index in [0.717, 1.165) is 16.7 Å². The highest BCUT2D eigenvalue weighted by Crippen LogP contribution is 2.32. The number of hydrogen-bond donors (Lipinski definition) is 3. The molecule has 4 N–H and O–H groups in total. The third-order valence-corrected chi connectivity index (χ3v) is 9.17. The molecule has 2 amide bonds. The van der Waals surface area contributed by atoms with Crippen molar-refractivity contribution in [3.05, 3.63) is 125 Å². The van der Waals surface area contributed by atoms with Crippen molar-refractivity contribution in [1.29, 1.82) is 0 Å². The number of carboxylic acid groups (broad SMARTS) is 1. The van der Waals surface area contributed by atoms with Gasteiger partial charge in [-0.25, -0.2) is 13.6 Å². The maximum Gasteiger partial charge on any atom is 0.305 e. The van der Waals surface area contributed by atoms with Crippen molar-refractivity contribution in [2.24, 2.45) is 5.14 Å². The van der Waals surface area contributed by atoms with Gasteiger partial charge in [-0.15, -0.1) is 0 Å². The Labute approximate surface area is 267 Å². The summed E-state index contributed by atoms with van der Waals surface area (Å²) in [5, 5.41) is 24.8. The Kier molecular flexibility index (Phi) is 9.96. The number of primary sulfonamides is 1. The quantitative estimate of drug-likeness (QED) is 0.225. The molecule has 0 aromatic heterocycles. The predicted molar refractivity (Wildman–Crippen MR) is 172 cm³/mol. The smallest absolute Gasteiger partial charge is 0.305 e. The van der Waals surface area contributed by atoms with Crippen molar-refractivity contribution in [1.82, 2.24) is 9.80 Å². The van der Waals surface area contributed by atoms with Crippen molar-refractivity contribution in [3.8, 4) is 11.1 Å². The van der Waals surface area contributed by atoms with E-state index in [4.69, 9.17) is 5.14 Å². The molecule has 46 heavy (non-hydrogen) atoms. The van der Waals surface area contributed by atoms with Crippen LogP contribution in [0.4, 0.5) is 0 Å². The molecule has 0 fully saturated rings. The van der Waals surface area contributed by atoms with Gasteiger partial charge in [0.2, 0.25) is 10.0 Å². The summed E-state index contributed by atoms with van der Waals surface area (Å²) in [6, 6.07) is 27.4. The van der Waals surface area contributed by atoms with Crippen LogP contribution in [-0.2, 0) is 34.2 Å². The summed E-state index contributed by atoms with van der Waals surface area (Å²) >= 11 is 0. The number of fused-ring (bicyclic) bond motifs is 1. The van der Waals surface area contributed by atoms with Gasteiger partial charge in [-0.05, 0) is 64.9 Å². The highest BCUT2D eigenvalue weighted by atomic mass is 32.2. The number of amides is 2. The van der Waals surface area contributed by atoms with Crippen molar-refractivity contribution < 1.29 is 33.0 Å². The molecule has 1 heterocycles. The molecular weight excluding hydrogens is 606 g/mol. The van der Waals surface area contributed by atoms with E-state index in [2.05, 4.69) is 0 Å². The Morgan fingerprint density at radius 2 is 1.39 bits per heavy atom. The maximum absolute atomic E-state index is 14.1. The molecule has 238 valence electrons. The van der Waals surface area contributed by atoms with Crippen LogP contribution in [-0.4, -0.2) is 72.0 Å². The first kappa shape index (κ1) is 32.6. The molecule has 0 radical (unpaired) electrons. The Hall–Kier alpha value is -4.84. The summed E-state index contributed by atoms with van der Waals surface area (Å²) < 4.78 is 23.3. The van der Waals surface area contributed by atoms with E-state index in [0.29, 0.717) is 41.6 Å². The number of nitrogens with two attached hydrogens (primary N) is 1. The number of sulfonamides is 1. The zero-order valence-corrected chi connectivity index (χ0v) is 25.9. The lowest BCUT2D eigenvalue weighted by Crippen LogP contribution is -2.46. The fraction of sp³-hybridized carbons (Fsp3) is 0.229. The minimum Gasteiger partial charge on any atom is -0.481 e. The second-order valence-electron chi connectivity index (χ2n) is 11.2. The molecular formula is C35H35N3O7S. The first-order valence-corrected chi connectivity index (χ1v) is 16.4. The number of aliphatic hydroxyl groups excluding tert-OH is 1. The second kappa shape index (κ2) is 14.1. The molecule has 0 unspecified atom stereocenters. The normalized spacial score (nSPS) is 14.4. The molecule has 5 rings (SSSR count). The summed E-state index contributed by atoms with van der Waals surface area (Å²) in [7, 11) is -3.85. The van der Waals surface area contributed by atoms with E-state index in [-0.39, 0.29) is 36.9 Å². The number of aliphatic carboxylic acids is 1. The van der Waals surface area contributed by atoms with Crippen LogP contribution in [0.2, 0.25) is 0 Å². The topological polar surface area (TPSA) is 158 Å². The lowest BCUT2D eigenvalue weighted by Gasteiger charge is -2.36. The van der Waals surface area contributed by atoms with Crippen LogP contribution < -0.4 is 5.14 Å². The Balaban J connectivity index is 1.45. The molecule has 0 aliphatic carbocycles. The average molecular weight is 642 g/mol. The molecule has 0 saturated carbocycles. The molecule has 10 nitrogen and oxygen atoms in total. The average Bonchev–Trinajstić information content (AvgIpc) is 3.06. The standard InChI is InChI=1S/C35H35N3O7S/c36-46(44,45)28-15-13-24(14-16-28)17-19-37(20-18-33(40)41)34(42)31-11-5-3-9-29(31)30-10-4-6-12-32(30)35(43)38-22-26-8-2-1-7-25(26)21-27(38)23-39/h1-16,27,39H,17-23H2,(H,40,41)(H2,36,44,45)/t27-/m0/s1. The molecule has 0 saturated heterocycles. The van der Waals surface area contributed by atoms with Gasteiger partial charge >= 0.3 is 5.97 Å². The minimum absolute atomic E-state index is 0.0312. The van der Waals surface area contributed by atoms with Crippen LogP contribution in [0.1, 0.15) is 43.8 Å². The van der Waals surface area contributed by atoms with Crippen molar-refractivity contribution in [2.75, 3.05) is 19.7 Å². The third kappa shape index (κ3) is 7.34. The van der Waals surface area contributed by atoms with E-state index >= 15 is 0 Å². The van der Waals surface area contributed by atoms with Crippen LogP contribution in [0.25, 0.3) is 11.1 Å². The van der Waals surface area contributed by atoms with Crippen LogP contribution in [0.5, 0.6) is 0 Å². The molecule has 4 aromatic carbocycles. The van der Waals surface area contributed by atoms with Gasteiger partial charge in [0.15, 0.2) is 0 Å². The zero-order valence-electron chi connectivity index (χ0n) is 25.1. The summed E-state index contributed by atoms with van der Waals surface area (Å²) in [4.78, 5) is 42.8. The SMILES string of the molecule is NS(=O)(=O)c1ccc(CCN(CCC(=O)O)C(=O)c2ccccc2-c2ccccc2C(=O)N2Cc3ccccc3C[C@H]2CO)cc1. The molecule has 4 aromatic rings. The van der Waals surface area contributed by atoms with Gasteiger partial charge < -0.3 is 20.0 Å². The summed E-state index contributed by atoms with van der Waals surface area (Å²) in [5.41, 5.74) is 4.61. The third-order valence-electron chi connectivity index (χ3n) is 8.24. The minimum atomic E-state index is -3.85. The fourth-order valence-corrected chi connectivity index (χ4v) is 6.29. The summed E-state index contributed by atoms with van der Waals surface area (Å²) in [5.74, 6) is -1.72. The summed E-state index contributed by atoms with van der Waals surface area (Å²) in [6.07, 6.45) is 0.595. The molecule has 1 atom stereocenters.